The van der Waals surface area contributed by atoms with Gasteiger partial charge in [0, 0.05) is 17.3 Å². The smallest absolute Gasteiger partial charge is 0.175 e. The number of hydrogen-bond donors (Lipinski definition) is 1. The highest BCUT2D eigenvalue weighted by Crippen LogP contribution is 2.19. The minimum absolute atomic E-state index is 0.729. The fraction of sp³-hybridized carbons (Fsp3) is 0.250. The van der Waals surface area contributed by atoms with Crippen molar-refractivity contribution >= 4 is 34.6 Å². The van der Waals surface area contributed by atoms with Crippen LogP contribution >= 0.6 is 23.8 Å². The van der Waals surface area contributed by atoms with E-state index >= 15 is 0 Å². The van der Waals surface area contributed by atoms with Gasteiger partial charge in [0.15, 0.2) is 5.11 Å². The molecule has 1 aromatic carbocycles. The Kier molecular flexibility index (Phi) is 3.99. The molecular formula is C12H14ClN3S. The Morgan fingerprint density at radius 2 is 2.12 bits per heavy atom. The van der Waals surface area contributed by atoms with E-state index in [1.165, 1.54) is 0 Å². The average Bonchev–Trinajstić information content (AvgIpc) is 2.33. The van der Waals surface area contributed by atoms with Crippen LogP contribution in [0.15, 0.2) is 36.9 Å². The first-order chi connectivity index (χ1) is 8.20. The summed E-state index contributed by atoms with van der Waals surface area (Å²) in [5, 5.41) is 4.66. The van der Waals surface area contributed by atoms with E-state index in [0.29, 0.717) is 0 Å². The van der Waals surface area contributed by atoms with Crippen molar-refractivity contribution in [2.75, 3.05) is 24.8 Å². The second-order valence-electron chi connectivity index (χ2n) is 3.83. The van der Waals surface area contributed by atoms with Crippen LogP contribution in [0.4, 0.5) is 5.69 Å². The van der Waals surface area contributed by atoms with Gasteiger partial charge in [-0.25, -0.2) is 0 Å². The molecule has 0 aromatic heterocycles. The summed E-state index contributed by atoms with van der Waals surface area (Å²) in [6.07, 6.45) is 1.89. The van der Waals surface area contributed by atoms with E-state index in [-0.39, 0.29) is 0 Å². The predicted octanol–water partition coefficient (Wildman–Crippen LogP) is 2.44. The molecule has 17 heavy (non-hydrogen) atoms. The number of anilines is 1. The predicted molar refractivity (Wildman–Crippen MR) is 76.3 cm³/mol. The Balaban J connectivity index is 2.14. The molecule has 0 atom stereocenters. The van der Waals surface area contributed by atoms with Crippen LogP contribution in [0.1, 0.15) is 0 Å². The van der Waals surface area contributed by atoms with Gasteiger partial charge < -0.3 is 10.2 Å². The number of benzene rings is 1. The highest BCUT2D eigenvalue weighted by atomic mass is 35.5. The first-order valence-electron chi connectivity index (χ1n) is 5.35. The van der Waals surface area contributed by atoms with Crippen LogP contribution < -0.4 is 10.2 Å². The zero-order chi connectivity index (χ0) is 12.3. The van der Waals surface area contributed by atoms with Crippen LogP contribution in [0.3, 0.4) is 0 Å². The Morgan fingerprint density at radius 1 is 1.41 bits per heavy atom. The number of hydrogen-bond acceptors (Lipinski definition) is 2. The van der Waals surface area contributed by atoms with E-state index < -0.39 is 0 Å². The summed E-state index contributed by atoms with van der Waals surface area (Å²) >= 11 is 11.2. The van der Waals surface area contributed by atoms with Gasteiger partial charge in [-0.05, 0) is 36.5 Å². The molecule has 2 rings (SSSR count). The Labute approximate surface area is 112 Å². The summed E-state index contributed by atoms with van der Waals surface area (Å²) in [7, 11) is 0. The largest absolute Gasteiger partial charge is 0.349 e. The number of nitrogens with zero attached hydrogens (tertiary/aromatic N) is 2. The lowest BCUT2D eigenvalue weighted by Gasteiger charge is -2.37. The number of thiocarbonyl (C=S) groups is 1. The number of halogens is 1. The van der Waals surface area contributed by atoms with Gasteiger partial charge in [-0.15, -0.1) is 6.58 Å². The van der Waals surface area contributed by atoms with Gasteiger partial charge in [-0.2, -0.15) is 0 Å². The zero-order valence-corrected chi connectivity index (χ0v) is 11.0. The van der Waals surface area contributed by atoms with Gasteiger partial charge in [0.05, 0.1) is 13.3 Å². The quantitative estimate of drug-likeness (QED) is 0.670. The molecule has 1 aliphatic rings. The molecule has 0 unspecified atom stereocenters. The lowest BCUT2D eigenvalue weighted by molar-refractivity contribution is 0.288. The molecule has 0 saturated carbocycles. The van der Waals surface area contributed by atoms with Crippen molar-refractivity contribution in [2.45, 2.75) is 0 Å². The standard InChI is InChI=1S/C12H14ClN3S/c1-2-7-15-8-14-12(17)16(9-15)11-5-3-10(13)4-6-11/h2-6H,1,7-9H2,(H,14,17). The summed E-state index contributed by atoms with van der Waals surface area (Å²) in [5.41, 5.74) is 1.04. The second-order valence-corrected chi connectivity index (χ2v) is 4.65. The molecule has 1 aromatic rings. The fourth-order valence-electron chi connectivity index (χ4n) is 1.71. The first-order valence-corrected chi connectivity index (χ1v) is 6.13. The van der Waals surface area contributed by atoms with Crippen LogP contribution in [-0.2, 0) is 0 Å². The Morgan fingerprint density at radius 3 is 2.76 bits per heavy atom. The Hall–Kier alpha value is -1.10. The SMILES string of the molecule is C=CCN1CNC(=S)N(c2ccc(Cl)cc2)C1. The molecule has 1 saturated heterocycles. The molecule has 0 aliphatic carbocycles. The monoisotopic (exact) mass is 267 g/mol. The molecule has 3 nitrogen and oxygen atoms in total. The molecule has 0 spiro atoms. The molecule has 1 fully saturated rings. The normalized spacial score (nSPS) is 16.8. The maximum absolute atomic E-state index is 5.87. The molecule has 1 N–H and O–H groups in total. The molecule has 0 radical (unpaired) electrons. The van der Waals surface area contributed by atoms with Gasteiger partial charge in [0.1, 0.15) is 0 Å². The summed E-state index contributed by atoms with van der Waals surface area (Å²) in [4.78, 5) is 4.25. The highest BCUT2D eigenvalue weighted by Gasteiger charge is 2.20. The third-order valence-electron chi connectivity index (χ3n) is 2.57. The molecule has 1 aliphatic heterocycles. The third-order valence-corrected chi connectivity index (χ3v) is 3.18. The average molecular weight is 268 g/mol. The molecule has 90 valence electrons. The van der Waals surface area contributed by atoms with Crippen molar-refractivity contribution in [2.24, 2.45) is 0 Å². The van der Waals surface area contributed by atoms with E-state index in [0.717, 1.165) is 35.7 Å². The van der Waals surface area contributed by atoms with E-state index in [4.69, 9.17) is 23.8 Å². The van der Waals surface area contributed by atoms with Crippen molar-refractivity contribution in [1.29, 1.82) is 0 Å². The molecule has 0 bridgehead atoms. The van der Waals surface area contributed by atoms with Crippen LogP contribution in [0.25, 0.3) is 0 Å². The summed E-state index contributed by atoms with van der Waals surface area (Å²) in [5.74, 6) is 0. The van der Waals surface area contributed by atoms with Gasteiger partial charge in [-0.1, -0.05) is 17.7 Å². The molecule has 1 heterocycles. The van der Waals surface area contributed by atoms with Crippen LogP contribution in [0, 0.1) is 0 Å². The first kappa shape index (κ1) is 12.4. The van der Waals surface area contributed by atoms with Crippen LogP contribution in [0.5, 0.6) is 0 Å². The van der Waals surface area contributed by atoms with Gasteiger partial charge in [0.2, 0.25) is 0 Å². The van der Waals surface area contributed by atoms with E-state index in [9.17, 15) is 0 Å². The maximum Gasteiger partial charge on any atom is 0.175 e. The zero-order valence-electron chi connectivity index (χ0n) is 9.40. The van der Waals surface area contributed by atoms with Crippen molar-refractivity contribution < 1.29 is 0 Å². The van der Waals surface area contributed by atoms with Crippen molar-refractivity contribution in [3.8, 4) is 0 Å². The van der Waals surface area contributed by atoms with Crippen LogP contribution in [-0.4, -0.2) is 29.9 Å². The lowest BCUT2D eigenvalue weighted by Crippen LogP contribution is -2.56. The number of rotatable bonds is 3. The minimum atomic E-state index is 0.729. The molecule has 5 heteroatoms. The van der Waals surface area contributed by atoms with Gasteiger partial charge in [-0.3, -0.25) is 4.90 Å². The molecular weight excluding hydrogens is 254 g/mol. The van der Waals surface area contributed by atoms with Gasteiger partial charge >= 0.3 is 0 Å². The summed E-state index contributed by atoms with van der Waals surface area (Å²) in [6.45, 7) is 6.10. The van der Waals surface area contributed by atoms with Crippen LogP contribution in [0.2, 0.25) is 5.02 Å². The van der Waals surface area contributed by atoms with Crippen molar-refractivity contribution in [1.82, 2.24) is 10.2 Å². The summed E-state index contributed by atoms with van der Waals surface area (Å²) in [6, 6.07) is 7.67. The van der Waals surface area contributed by atoms with E-state index in [1.54, 1.807) is 0 Å². The highest BCUT2D eigenvalue weighted by molar-refractivity contribution is 7.80. The van der Waals surface area contributed by atoms with Gasteiger partial charge in [0.25, 0.3) is 0 Å². The van der Waals surface area contributed by atoms with E-state index in [2.05, 4.69) is 16.8 Å². The minimum Gasteiger partial charge on any atom is -0.349 e. The molecule has 0 amide bonds. The second kappa shape index (κ2) is 5.49. The van der Waals surface area contributed by atoms with Crippen molar-refractivity contribution in [3.05, 3.63) is 41.9 Å². The number of nitrogens with one attached hydrogen (secondary N) is 1. The maximum atomic E-state index is 5.87. The van der Waals surface area contributed by atoms with Crippen molar-refractivity contribution in [3.63, 3.8) is 0 Å². The fourth-order valence-corrected chi connectivity index (χ4v) is 2.07. The Bertz CT molecular complexity index is 418. The van der Waals surface area contributed by atoms with E-state index in [1.807, 2.05) is 35.2 Å². The topological polar surface area (TPSA) is 18.5 Å². The third kappa shape index (κ3) is 2.97. The lowest BCUT2D eigenvalue weighted by atomic mass is 10.3. The summed E-state index contributed by atoms with van der Waals surface area (Å²) < 4.78 is 0.